The Morgan fingerprint density at radius 1 is 1.15 bits per heavy atom. The molecule has 2 aliphatic rings. The highest BCUT2D eigenvalue weighted by molar-refractivity contribution is 5.81. The number of benzene rings is 1. The number of aliphatic carboxylic acids is 1. The molecule has 12 heteroatoms. The molecule has 1 atom stereocenters. The fourth-order valence-corrected chi connectivity index (χ4v) is 3.67. The van der Waals surface area contributed by atoms with E-state index in [0.29, 0.717) is 46.1 Å². The average Bonchev–Trinajstić information content (AvgIpc) is 3.31. The van der Waals surface area contributed by atoms with Gasteiger partial charge in [0.15, 0.2) is 0 Å². The normalized spacial score (nSPS) is 18.6. The zero-order valence-corrected chi connectivity index (χ0v) is 18.5. The molecule has 1 unspecified atom stereocenters. The molecule has 0 bridgehead atoms. The molecule has 0 spiro atoms. The highest BCUT2D eigenvalue weighted by atomic mass is 19.4. The summed E-state index contributed by atoms with van der Waals surface area (Å²) in [6.45, 7) is 6.05. The molecule has 0 saturated carbocycles. The van der Waals surface area contributed by atoms with Crippen LogP contribution in [-0.4, -0.2) is 88.7 Å². The number of fused-ring (bicyclic) bond motifs is 1. The van der Waals surface area contributed by atoms with Gasteiger partial charge in [-0.05, 0) is 11.6 Å². The van der Waals surface area contributed by atoms with E-state index < -0.39 is 12.1 Å². The molecular formula is C22H27F3N4O5. The predicted molar refractivity (Wildman–Crippen MR) is 114 cm³/mol. The smallest absolute Gasteiger partial charge is 0.475 e. The third-order valence-electron chi connectivity index (χ3n) is 5.38. The van der Waals surface area contributed by atoms with Crippen molar-refractivity contribution >= 4 is 11.9 Å². The van der Waals surface area contributed by atoms with Crippen molar-refractivity contribution in [3.63, 3.8) is 0 Å². The lowest BCUT2D eigenvalue weighted by Crippen LogP contribution is -2.50. The van der Waals surface area contributed by atoms with Gasteiger partial charge in [0.2, 0.25) is 5.91 Å². The maximum atomic E-state index is 13.0. The molecular weight excluding hydrogens is 457 g/mol. The van der Waals surface area contributed by atoms with Gasteiger partial charge in [0.05, 0.1) is 32.1 Å². The number of alkyl halides is 3. The van der Waals surface area contributed by atoms with E-state index in [1.54, 1.807) is 6.20 Å². The summed E-state index contributed by atoms with van der Waals surface area (Å²) < 4.78 is 44.8. The summed E-state index contributed by atoms with van der Waals surface area (Å²) >= 11 is 0. The van der Waals surface area contributed by atoms with E-state index in [2.05, 4.69) is 22.1 Å². The van der Waals surface area contributed by atoms with Gasteiger partial charge in [-0.1, -0.05) is 30.3 Å². The molecule has 0 aliphatic carbocycles. The first kappa shape index (κ1) is 25.7. The van der Waals surface area contributed by atoms with E-state index in [1.807, 2.05) is 33.8 Å². The van der Waals surface area contributed by atoms with Crippen molar-refractivity contribution in [2.75, 3.05) is 46.0 Å². The Morgan fingerprint density at radius 3 is 2.47 bits per heavy atom. The van der Waals surface area contributed by atoms with E-state index in [4.69, 9.17) is 19.4 Å². The average molecular weight is 484 g/mol. The van der Waals surface area contributed by atoms with Gasteiger partial charge >= 0.3 is 12.1 Å². The summed E-state index contributed by atoms with van der Waals surface area (Å²) in [6, 6.07) is 11.9. The number of carboxylic acid groups (broad SMARTS) is 1. The SMILES string of the molecule is O=C(C1CN(CCOCc2ccccc2)Cc2ccnn21)N1CCOCC1.O=C(O)C(F)(F)F. The number of morpholine rings is 1. The molecule has 1 saturated heterocycles. The summed E-state index contributed by atoms with van der Waals surface area (Å²) in [4.78, 5) is 26.1. The summed E-state index contributed by atoms with van der Waals surface area (Å²) in [5.41, 5.74) is 2.26. The van der Waals surface area contributed by atoms with E-state index in [9.17, 15) is 18.0 Å². The molecule has 34 heavy (non-hydrogen) atoms. The topological polar surface area (TPSA) is 97.1 Å². The van der Waals surface area contributed by atoms with Crippen molar-refractivity contribution in [2.24, 2.45) is 0 Å². The van der Waals surface area contributed by atoms with Gasteiger partial charge in [0.1, 0.15) is 6.04 Å². The van der Waals surface area contributed by atoms with Crippen LogP contribution in [0, 0.1) is 0 Å². The minimum atomic E-state index is -5.08. The third kappa shape index (κ3) is 7.27. The molecule has 4 rings (SSSR count). The number of hydrogen-bond donors (Lipinski definition) is 1. The van der Waals surface area contributed by atoms with Crippen LogP contribution >= 0.6 is 0 Å². The first-order valence-corrected chi connectivity index (χ1v) is 10.8. The number of carboxylic acids is 1. The molecule has 0 radical (unpaired) electrons. The predicted octanol–water partition coefficient (Wildman–Crippen LogP) is 1.95. The fraction of sp³-hybridized carbons (Fsp3) is 0.500. The van der Waals surface area contributed by atoms with Gasteiger partial charge in [0, 0.05) is 38.9 Å². The van der Waals surface area contributed by atoms with Crippen LogP contribution in [0.5, 0.6) is 0 Å². The number of hydrogen-bond acceptors (Lipinski definition) is 6. The quantitative estimate of drug-likeness (QED) is 0.626. The van der Waals surface area contributed by atoms with Crippen molar-refractivity contribution in [3.05, 3.63) is 53.9 Å². The Morgan fingerprint density at radius 2 is 1.82 bits per heavy atom. The standard InChI is InChI=1S/C20H26N4O3.C2HF3O2/c25-20(23-9-12-26-13-10-23)19-15-22(14-18-6-7-21-24(18)19)8-11-27-16-17-4-2-1-3-5-17;3-2(4,5)1(6)7/h1-7,19H,8-16H2;(H,6,7). The van der Waals surface area contributed by atoms with Crippen LogP contribution in [-0.2, 0) is 32.2 Å². The van der Waals surface area contributed by atoms with Gasteiger partial charge in [-0.2, -0.15) is 18.3 Å². The number of aromatic nitrogens is 2. The lowest BCUT2D eigenvalue weighted by atomic mass is 10.1. The van der Waals surface area contributed by atoms with Gasteiger partial charge in [0.25, 0.3) is 0 Å². The van der Waals surface area contributed by atoms with Crippen LogP contribution in [0.2, 0.25) is 0 Å². The van der Waals surface area contributed by atoms with E-state index >= 15 is 0 Å². The number of rotatable bonds is 6. The van der Waals surface area contributed by atoms with E-state index in [1.165, 1.54) is 5.56 Å². The van der Waals surface area contributed by atoms with Crippen LogP contribution in [0.15, 0.2) is 42.6 Å². The first-order chi connectivity index (χ1) is 16.3. The lowest BCUT2D eigenvalue weighted by Gasteiger charge is -2.36. The Balaban J connectivity index is 0.000000406. The maximum Gasteiger partial charge on any atom is 0.490 e. The summed E-state index contributed by atoms with van der Waals surface area (Å²) in [7, 11) is 0. The lowest BCUT2D eigenvalue weighted by molar-refractivity contribution is -0.192. The molecule has 3 heterocycles. The van der Waals surface area contributed by atoms with Crippen molar-refractivity contribution in [3.8, 4) is 0 Å². The van der Waals surface area contributed by atoms with Gasteiger partial charge in [-0.25, -0.2) is 4.79 Å². The van der Waals surface area contributed by atoms with Crippen LogP contribution in [0.3, 0.4) is 0 Å². The van der Waals surface area contributed by atoms with Crippen molar-refractivity contribution in [1.29, 1.82) is 0 Å². The number of ether oxygens (including phenoxy) is 2. The van der Waals surface area contributed by atoms with Gasteiger partial charge in [-0.15, -0.1) is 0 Å². The molecule has 2 aromatic rings. The zero-order valence-electron chi connectivity index (χ0n) is 18.5. The van der Waals surface area contributed by atoms with Crippen LogP contribution in [0.4, 0.5) is 13.2 Å². The maximum absolute atomic E-state index is 13.0. The Hall–Kier alpha value is -2.96. The van der Waals surface area contributed by atoms with Crippen LogP contribution in [0.25, 0.3) is 0 Å². The highest BCUT2D eigenvalue weighted by Gasteiger charge is 2.38. The second kappa shape index (κ2) is 12.0. The second-order valence-electron chi connectivity index (χ2n) is 7.80. The number of carbonyl (C=O) groups is 2. The number of nitrogens with zero attached hydrogens (tertiary/aromatic N) is 4. The van der Waals surface area contributed by atoms with Crippen molar-refractivity contribution < 1.29 is 37.3 Å². The summed E-state index contributed by atoms with van der Waals surface area (Å²) in [6.07, 6.45) is -3.30. The summed E-state index contributed by atoms with van der Waals surface area (Å²) in [5, 5.41) is 11.5. The van der Waals surface area contributed by atoms with Crippen molar-refractivity contribution in [1.82, 2.24) is 19.6 Å². The van der Waals surface area contributed by atoms with Crippen LogP contribution in [0.1, 0.15) is 17.3 Å². The summed E-state index contributed by atoms with van der Waals surface area (Å²) in [5.74, 6) is -2.62. The Kier molecular flexibility index (Phi) is 9.02. The first-order valence-electron chi connectivity index (χ1n) is 10.8. The Labute approximate surface area is 194 Å². The zero-order chi connectivity index (χ0) is 24.6. The fourth-order valence-electron chi connectivity index (χ4n) is 3.67. The number of carbonyl (C=O) groups excluding carboxylic acids is 1. The van der Waals surface area contributed by atoms with E-state index in [0.717, 1.165) is 18.8 Å². The molecule has 1 N–H and O–H groups in total. The monoisotopic (exact) mass is 484 g/mol. The Bertz CT molecular complexity index is 932. The van der Waals surface area contributed by atoms with Gasteiger partial charge < -0.3 is 19.5 Å². The molecule has 1 amide bonds. The second-order valence-corrected chi connectivity index (χ2v) is 7.80. The minimum absolute atomic E-state index is 0.137. The molecule has 2 aliphatic heterocycles. The third-order valence-corrected chi connectivity index (χ3v) is 5.38. The molecule has 1 aromatic carbocycles. The molecule has 1 aromatic heterocycles. The number of amides is 1. The largest absolute Gasteiger partial charge is 0.490 e. The van der Waals surface area contributed by atoms with Crippen molar-refractivity contribution in [2.45, 2.75) is 25.4 Å². The van der Waals surface area contributed by atoms with E-state index in [-0.39, 0.29) is 11.9 Å². The van der Waals surface area contributed by atoms with Gasteiger partial charge in [-0.3, -0.25) is 14.4 Å². The molecule has 9 nitrogen and oxygen atoms in total. The number of halogens is 3. The minimum Gasteiger partial charge on any atom is -0.475 e. The molecule has 186 valence electrons. The highest BCUT2D eigenvalue weighted by Crippen LogP contribution is 2.22. The van der Waals surface area contributed by atoms with Crippen LogP contribution < -0.4 is 0 Å². The molecule has 1 fully saturated rings.